The summed E-state index contributed by atoms with van der Waals surface area (Å²) in [6, 6.07) is 38.4. The van der Waals surface area contributed by atoms with Crippen molar-refractivity contribution in [1.29, 1.82) is 0 Å². The molecule has 0 aliphatic heterocycles. The lowest BCUT2D eigenvalue weighted by molar-refractivity contribution is 0.413. The maximum Gasteiger partial charge on any atom is 0.184 e. The van der Waals surface area contributed by atoms with Gasteiger partial charge in [-0.15, -0.1) is 0 Å². The van der Waals surface area contributed by atoms with E-state index in [4.69, 9.17) is 4.74 Å². The number of ether oxygens (including phenoxy) is 1. The van der Waals surface area contributed by atoms with Gasteiger partial charge in [0.05, 0.1) is 12.0 Å². The molecule has 0 aliphatic carbocycles. The van der Waals surface area contributed by atoms with Crippen LogP contribution in [0.1, 0.15) is 0 Å². The van der Waals surface area contributed by atoms with Crippen molar-refractivity contribution in [2.24, 2.45) is 0 Å². The Hall–Kier alpha value is -2.62. The van der Waals surface area contributed by atoms with Crippen LogP contribution in [0.2, 0.25) is 0 Å². The fourth-order valence-corrected chi connectivity index (χ4v) is 6.34. The van der Waals surface area contributed by atoms with Crippen LogP contribution in [-0.2, 0) is 10.9 Å². The van der Waals surface area contributed by atoms with Crippen molar-refractivity contribution in [2.75, 3.05) is 7.11 Å². The predicted octanol–water partition coefficient (Wildman–Crippen LogP) is 6.94. The molecule has 1 nitrogen and oxygen atoms in total. The first-order chi connectivity index (χ1) is 13.8. The van der Waals surface area contributed by atoms with Gasteiger partial charge in [0.15, 0.2) is 14.7 Å². The quantitative estimate of drug-likeness (QED) is 0.324. The highest BCUT2D eigenvalue weighted by Crippen LogP contribution is 2.41. The summed E-state index contributed by atoms with van der Waals surface area (Å²) in [4.78, 5) is 6.38. The average Bonchev–Trinajstić information content (AvgIpc) is 2.77. The Morgan fingerprint density at radius 2 is 1.18 bits per heavy atom. The summed E-state index contributed by atoms with van der Waals surface area (Å²) < 4.78 is 5.58. The van der Waals surface area contributed by atoms with Crippen LogP contribution in [0.25, 0.3) is 0 Å². The Kier molecular flexibility index (Phi) is 6.05. The molecule has 3 heteroatoms. The molecular weight excluding hydrogens is 380 g/mol. The molecule has 0 unspecified atom stereocenters. The fraction of sp³-hybridized carbons (Fsp3) is 0.0400. The molecule has 0 spiro atoms. The molecule has 0 amide bonds. The molecule has 4 aromatic rings. The van der Waals surface area contributed by atoms with Crippen LogP contribution in [0.5, 0.6) is 5.75 Å². The zero-order valence-electron chi connectivity index (χ0n) is 15.6. The number of benzene rings is 4. The molecule has 4 aromatic carbocycles. The number of methoxy groups -OCH3 is 1. The van der Waals surface area contributed by atoms with Crippen molar-refractivity contribution < 1.29 is 4.74 Å². The van der Waals surface area contributed by atoms with Gasteiger partial charge in [0, 0.05) is 11.0 Å². The van der Waals surface area contributed by atoms with E-state index in [1.54, 1.807) is 18.9 Å². The van der Waals surface area contributed by atoms with E-state index in [0.29, 0.717) is 0 Å². The zero-order valence-corrected chi connectivity index (χ0v) is 17.3. The molecule has 0 fully saturated rings. The summed E-state index contributed by atoms with van der Waals surface area (Å²) in [5, 5.41) is 0. The summed E-state index contributed by atoms with van der Waals surface area (Å²) >= 11 is 1.80. The molecule has 0 saturated heterocycles. The first-order valence-corrected chi connectivity index (χ1v) is 11.1. The van der Waals surface area contributed by atoms with E-state index >= 15 is 0 Å². The molecule has 138 valence electrons. The van der Waals surface area contributed by atoms with Crippen molar-refractivity contribution in [3.63, 3.8) is 0 Å². The van der Waals surface area contributed by atoms with E-state index in [2.05, 4.69) is 103 Å². The topological polar surface area (TPSA) is 9.23 Å². The molecule has 0 atom stereocenters. The van der Waals surface area contributed by atoms with Gasteiger partial charge in [-0.25, -0.2) is 0 Å². The molecule has 0 N–H and O–H groups in total. The standard InChI is InChI=1S/C25H21OS2/c1-26-20-17-18-24(27-21-11-5-2-6-12-21)25(19-20)28(22-13-7-3-8-14-22)23-15-9-4-10-16-23/h2-19H,1H3/q+1. The minimum atomic E-state index is -0.213. The van der Waals surface area contributed by atoms with E-state index in [9.17, 15) is 0 Å². The highest BCUT2D eigenvalue weighted by Gasteiger charge is 2.32. The minimum absolute atomic E-state index is 0.213. The van der Waals surface area contributed by atoms with Gasteiger partial charge in [0.2, 0.25) is 0 Å². The van der Waals surface area contributed by atoms with Gasteiger partial charge in [-0.2, -0.15) is 0 Å². The van der Waals surface area contributed by atoms with E-state index in [-0.39, 0.29) is 10.9 Å². The molecule has 4 rings (SSSR count). The smallest absolute Gasteiger partial charge is 0.184 e. The van der Waals surface area contributed by atoms with Gasteiger partial charge in [-0.05, 0) is 48.5 Å². The van der Waals surface area contributed by atoms with E-state index in [1.165, 1.54) is 24.5 Å². The fourth-order valence-electron chi connectivity index (χ4n) is 2.98. The van der Waals surface area contributed by atoms with Crippen LogP contribution in [-0.4, -0.2) is 7.11 Å². The minimum Gasteiger partial charge on any atom is -0.497 e. The largest absolute Gasteiger partial charge is 0.497 e. The third-order valence-corrected chi connectivity index (χ3v) is 7.78. The Morgan fingerprint density at radius 1 is 0.643 bits per heavy atom. The van der Waals surface area contributed by atoms with Crippen molar-refractivity contribution in [3.05, 3.63) is 109 Å². The Balaban J connectivity index is 1.87. The van der Waals surface area contributed by atoms with E-state index < -0.39 is 0 Å². The lowest BCUT2D eigenvalue weighted by Gasteiger charge is -2.13. The maximum absolute atomic E-state index is 5.58. The van der Waals surface area contributed by atoms with Crippen molar-refractivity contribution in [2.45, 2.75) is 24.5 Å². The summed E-state index contributed by atoms with van der Waals surface area (Å²) in [7, 11) is 1.52. The Labute approximate surface area is 173 Å². The van der Waals surface area contributed by atoms with Crippen molar-refractivity contribution in [1.82, 2.24) is 0 Å². The number of rotatable bonds is 6. The number of hydrogen-bond donors (Lipinski definition) is 0. The van der Waals surface area contributed by atoms with Gasteiger partial charge in [-0.3, -0.25) is 0 Å². The van der Waals surface area contributed by atoms with Gasteiger partial charge in [-0.1, -0.05) is 66.4 Å². The summed E-state index contributed by atoms with van der Waals surface area (Å²) in [6.07, 6.45) is 0. The molecule has 0 aliphatic rings. The molecule has 0 bridgehead atoms. The first kappa shape index (κ1) is 18.7. The Bertz CT molecular complexity index is 979. The van der Waals surface area contributed by atoms with Crippen molar-refractivity contribution in [3.8, 4) is 5.75 Å². The average molecular weight is 402 g/mol. The lowest BCUT2D eigenvalue weighted by Crippen LogP contribution is -2.06. The first-order valence-electron chi connectivity index (χ1n) is 9.10. The molecular formula is C25H21OS2+. The third kappa shape index (κ3) is 4.27. The number of hydrogen-bond acceptors (Lipinski definition) is 2. The lowest BCUT2D eigenvalue weighted by atomic mass is 10.3. The third-order valence-electron chi connectivity index (χ3n) is 4.30. The van der Waals surface area contributed by atoms with Crippen LogP contribution >= 0.6 is 11.8 Å². The summed E-state index contributed by atoms with van der Waals surface area (Å²) in [5.41, 5.74) is 0. The predicted molar refractivity (Wildman–Crippen MR) is 119 cm³/mol. The molecule has 28 heavy (non-hydrogen) atoms. The van der Waals surface area contributed by atoms with Gasteiger partial charge < -0.3 is 4.74 Å². The molecule has 0 radical (unpaired) electrons. The van der Waals surface area contributed by atoms with Crippen LogP contribution in [0, 0.1) is 0 Å². The summed E-state index contributed by atoms with van der Waals surface area (Å²) in [5.74, 6) is 0.886. The van der Waals surface area contributed by atoms with Crippen LogP contribution in [0.15, 0.2) is 134 Å². The molecule has 0 aromatic heterocycles. The second kappa shape index (κ2) is 9.05. The Morgan fingerprint density at radius 3 is 1.71 bits per heavy atom. The molecule has 0 saturated carbocycles. The van der Waals surface area contributed by atoms with Gasteiger partial charge in [0.25, 0.3) is 0 Å². The van der Waals surface area contributed by atoms with E-state index in [1.807, 2.05) is 6.07 Å². The SMILES string of the molecule is COc1ccc(Sc2ccccc2)c([S+](c2ccccc2)c2ccccc2)c1. The second-order valence-electron chi connectivity index (χ2n) is 6.16. The highest BCUT2D eigenvalue weighted by molar-refractivity contribution is 8.01. The normalized spacial score (nSPS) is 10.8. The highest BCUT2D eigenvalue weighted by atomic mass is 32.2. The maximum atomic E-state index is 5.58. The van der Waals surface area contributed by atoms with Crippen LogP contribution < -0.4 is 4.74 Å². The summed E-state index contributed by atoms with van der Waals surface area (Å²) in [6.45, 7) is 0. The van der Waals surface area contributed by atoms with Crippen molar-refractivity contribution >= 4 is 22.7 Å². The van der Waals surface area contributed by atoms with E-state index in [0.717, 1.165) is 5.75 Å². The van der Waals surface area contributed by atoms with Gasteiger partial charge >= 0.3 is 0 Å². The second-order valence-corrected chi connectivity index (χ2v) is 9.27. The monoisotopic (exact) mass is 401 g/mol. The zero-order chi connectivity index (χ0) is 19.2. The van der Waals surface area contributed by atoms with Crippen LogP contribution in [0.3, 0.4) is 0 Å². The molecule has 0 heterocycles. The van der Waals surface area contributed by atoms with Gasteiger partial charge in [0.1, 0.15) is 16.6 Å². The van der Waals surface area contributed by atoms with Crippen LogP contribution in [0.4, 0.5) is 0 Å².